The van der Waals surface area contributed by atoms with E-state index >= 15 is 0 Å². The van der Waals surface area contributed by atoms with Crippen LogP contribution < -0.4 is 5.32 Å². The lowest BCUT2D eigenvalue weighted by molar-refractivity contribution is -0.225. The largest absolute Gasteiger partial charge is 0.465 e. The molecule has 0 spiro atoms. The summed E-state index contributed by atoms with van der Waals surface area (Å²) in [4.78, 5) is 12.2. The number of fused-ring (bicyclic) bond motifs is 7. The molecule has 6 rings (SSSR count). The fourth-order valence-electron chi connectivity index (χ4n) is 14.6. The van der Waals surface area contributed by atoms with Gasteiger partial charge in [0, 0.05) is 16.7 Å². The van der Waals surface area contributed by atoms with Crippen molar-refractivity contribution in [2.24, 2.45) is 50.7 Å². The van der Waals surface area contributed by atoms with Crippen LogP contribution in [0.1, 0.15) is 141 Å². The molecule has 0 radical (unpaired) electrons. The number of nitrogens with one attached hydrogen (secondary N) is 1. The maximum Gasteiger partial charge on any atom is 0.337 e. The Bertz CT molecular complexity index is 1790. The van der Waals surface area contributed by atoms with E-state index in [0.717, 1.165) is 31.4 Å². The Morgan fingerprint density at radius 2 is 1.57 bits per heavy atom. The molecule has 1 aromatic rings. The lowest BCUT2D eigenvalue weighted by Crippen LogP contribution is -2.69. The lowest BCUT2D eigenvalue weighted by atomic mass is 9.30. The van der Waals surface area contributed by atoms with Crippen LogP contribution in [0.3, 0.4) is 0 Å². The molecular weight excluding hydrogens is 687 g/mol. The van der Waals surface area contributed by atoms with Gasteiger partial charge < -0.3 is 10.1 Å². The van der Waals surface area contributed by atoms with Gasteiger partial charge in [0.15, 0.2) is 9.84 Å². The fourth-order valence-corrected chi connectivity index (χ4v) is 16.0. The van der Waals surface area contributed by atoms with E-state index in [-0.39, 0.29) is 50.1 Å². The molecule has 5 aliphatic rings. The first kappa shape index (κ1) is 41.2. The van der Waals surface area contributed by atoms with Gasteiger partial charge in [0.25, 0.3) is 0 Å². The normalized spacial score (nSPS) is 38.2. The third kappa shape index (κ3) is 6.27. The third-order valence-electron chi connectivity index (χ3n) is 17.0. The van der Waals surface area contributed by atoms with E-state index in [9.17, 15) is 13.2 Å². The molecule has 0 aromatic heterocycles. The summed E-state index contributed by atoms with van der Waals surface area (Å²) in [7, 11) is -1.57. The van der Waals surface area contributed by atoms with E-state index in [1.54, 1.807) is 0 Å². The molecule has 0 saturated heterocycles. The second-order valence-electron chi connectivity index (χ2n) is 19.8. The first-order valence-corrected chi connectivity index (χ1v) is 22.9. The van der Waals surface area contributed by atoms with Crippen molar-refractivity contribution in [2.75, 3.05) is 25.2 Å². The monoisotopic (exact) mass is 758 g/mol. The lowest BCUT2D eigenvalue weighted by Gasteiger charge is -2.74. The standard InChI is InChI=1S/C48H71NO4S/c1-12-31-54(51,52)32-23-34(5)22-30-49-47-26-18-37(33(3)4)41(47)45(9)24-20-40-44(8,39(45)21-27-47)28-29-48(13-2)43(6,7)38(19-25-46(40,48)10)35-14-16-36(17-15-35)42(50)53-11/h13-17,19,37,39-41,49H,2-3,5,12,18,20-32H2,1,4,6-11H3/t37-,39?,40?,41?,44-,45-,46+,47?,48?/m0/s1. The van der Waals surface area contributed by atoms with Crippen molar-refractivity contribution in [3.05, 3.63) is 78.4 Å². The summed E-state index contributed by atoms with van der Waals surface area (Å²) in [6.45, 7) is 31.5. The van der Waals surface area contributed by atoms with E-state index in [0.29, 0.717) is 42.1 Å². The summed E-state index contributed by atoms with van der Waals surface area (Å²) in [5, 5.41) is 4.19. The first-order chi connectivity index (χ1) is 25.3. The zero-order chi connectivity index (χ0) is 39.5. The summed E-state index contributed by atoms with van der Waals surface area (Å²) >= 11 is 0. The van der Waals surface area contributed by atoms with Gasteiger partial charge in [-0.15, -0.1) is 6.58 Å². The molecule has 0 amide bonds. The maximum atomic E-state index is 12.4. The van der Waals surface area contributed by atoms with Crippen molar-refractivity contribution in [1.29, 1.82) is 0 Å². The molecule has 4 fully saturated rings. The van der Waals surface area contributed by atoms with Gasteiger partial charge in [0.05, 0.1) is 18.4 Å². The molecule has 4 saturated carbocycles. The quantitative estimate of drug-likeness (QED) is 0.160. The number of esters is 1. The van der Waals surface area contributed by atoms with E-state index in [2.05, 4.69) is 90.9 Å². The Kier molecular flexibility index (Phi) is 11.1. The number of carbonyl (C=O) groups excluding carboxylic acids is 1. The molecule has 0 aliphatic heterocycles. The first-order valence-electron chi connectivity index (χ1n) is 21.1. The zero-order valence-electron chi connectivity index (χ0n) is 35.0. The smallest absolute Gasteiger partial charge is 0.337 e. The fraction of sp³-hybridized carbons (Fsp3) is 0.688. The van der Waals surface area contributed by atoms with Crippen LogP contribution in [-0.4, -0.2) is 45.1 Å². The Morgan fingerprint density at radius 3 is 2.20 bits per heavy atom. The Morgan fingerprint density at radius 1 is 0.907 bits per heavy atom. The summed E-state index contributed by atoms with van der Waals surface area (Å²) in [5.41, 5.74) is 5.93. The third-order valence-corrected chi connectivity index (χ3v) is 18.9. The Hall–Kier alpha value is -2.44. The summed E-state index contributed by atoms with van der Waals surface area (Å²) < 4.78 is 29.8. The molecule has 298 valence electrons. The average Bonchev–Trinajstić information content (AvgIpc) is 3.52. The number of hydrogen-bond acceptors (Lipinski definition) is 5. The molecule has 9 atom stereocenters. The highest BCUT2D eigenvalue weighted by Gasteiger charge is 2.72. The van der Waals surface area contributed by atoms with Crippen LogP contribution in [-0.2, 0) is 14.6 Å². The van der Waals surface area contributed by atoms with E-state index < -0.39 is 9.84 Å². The number of sulfone groups is 1. The van der Waals surface area contributed by atoms with Gasteiger partial charge in [-0.05, 0) is 159 Å². The molecule has 0 bridgehead atoms. The number of hydrogen-bond donors (Lipinski definition) is 1. The number of carbonyl (C=O) groups is 1. The highest BCUT2D eigenvalue weighted by Crippen LogP contribution is 2.79. The number of allylic oxidation sites excluding steroid dienone is 4. The molecule has 1 aromatic carbocycles. The number of methoxy groups -OCH3 is 1. The molecule has 5 nitrogen and oxygen atoms in total. The Balaban J connectivity index is 1.27. The molecule has 5 unspecified atom stereocenters. The molecule has 1 N–H and O–H groups in total. The second-order valence-corrected chi connectivity index (χ2v) is 22.1. The van der Waals surface area contributed by atoms with Gasteiger partial charge >= 0.3 is 5.97 Å². The minimum Gasteiger partial charge on any atom is -0.465 e. The van der Waals surface area contributed by atoms with Crippen LogP contribution in [0.4, 0.5) is 0 Å². The topological polar surface area (TPSA) is 72.5 Å². The van der Waals surface area contributed by atoms with Gasteiger partial charge in [-0.3, -0.25) is 0 Å². The molecular formula is C48H71NO4S. The maximum absolute atomic E-state index is 12.4. The van der Waals surface area contributed by atoms with Crippen molar-refractivity contribution < 1.29 is 17.9 Å². The zero-order valence-corrected chi connectivity index (χ0v) is 35.9. The number of rotatable bonds is 13. The number of ether oxygens (including phenoxy) is 1. The highest BCUT2D eigenvalue weighted by molar-refractivity contribution is 7.91. The molecule has 6 heteroatoms. The average molecular weight is 758 g/mol. The van der Waals surface area contributed by atoms with Crippen molar-refractivity contribution in [1.82, 2.24) is 5.32 Å². The van der Waals surface area contributed by atoms with Gasteiger partial charge in [0.1, 0.15) is 0 Å². The van der Waals surface area contributed by atoms with Crippen LogP contribution in [0.25, 0.3) is 5.57 Å². The van der Waals surface area contributed by atoms with Gasteiger partial charge in [-0.25, -0.2) is 13.2 Å². The van der Waals surface area contributed by atoms with Gasteiger partial charge in [-0.2, -0.15) is 0 Å². The van der Waals surface area contributed by atoms with Gasteiger partial charge in [0.2, 0.25) is 0 Å². The predicted molar refractivity (Wildman–Crippen MR) is 225 cm³/mol. The predicted octanol–water partition coefficient (Wildman–Crippen LogP) is 11.2. The van der Waals surface area contributed by atoms with E-state index in [1.165, 1.54) is 68.8 Å². The van der Waals surface area contributed by atoms with Crippen molar-refractivity contribution in [3.63, 3.8) is 0 Å². The van der Waals surface area contributed by atoms with Crippen LogP contribution in [0.15, 0.2) is 67.3 Å². The van der Waals surface area contributed by atoms with Crippen molar-refractivity contribution in [3.8, 4) is 0 Å². The van der Waals surface area contributed by atoms with Crippen molar-refractivity contribution >= 4 is 21.4 Å². The van der Waals surface area contributed by atoms with Gasteiger partial charge in [-0.1, -0.05) is 90.1 Å². The van der Waals surface area contributed by atoms with Crippen LogP contribution in [0.2, 0.25) is 0 Å². The summed E-state index contributed by atoms with van der Waals surface area (Å²) in [6.07, 6.45) is 17.7. The SMILES string of the molecule is C=CC12CC[C@@]3(C)C4CCC5(NCCC(=C)CCS(=O)(=O)CCC)CC[C@@H](C(=C)C)C5[C@@]4(C)CCC3[C@@]1(C)CC=C(c1ccc(C(=O)OC)cc1)C2(C)C. The number of benzene rings is 1. The summed E-state index contributed by atoms with van der Waals surface area (Å²) in [5.74, 6) is 2.47. The summed E-state index contributed by atoms with van der Waals surface area (Å²) in [6, 6.07) is 8.02. The van der Waals surface area contributed by atoms with Crippen LogP contribution >= 0.6 is 0 Å². The Labute approximate surface area is 328 Å². The van der Waals surface area contributed by atoms with Crippen LogP contribution in [0.5, 0.6) is 0 Å². The van der Waals surface area contributed by atoms with E-state index in [4.69, 9.17) is 4.74 Å². The second kappa shape index (κ2) is 14.5. The van der Waals surface area contributed by atoms with E-state index in [1.807, 2.05) is 19.1 Å². The minimum absolute atomic E-state index is 0.0606. The molecule has 5 aliphatic carbocycles. The van der Waals surface area contributed by atoms with Crippen LogP contribution in [0, 0.1) is 50.7 Å². The minimum atomic E-state index is -3.00. The molecule has 0 heterocycles. The highest BCUT2D eigenvalue weighted by atomic mass is 32.2. The molecule has 54 heavy (non-hydrogen) atoms. The van der Waals surface area contributed by atoms with Crippen molar-refractivity contribution in [2.45, 2.75) is 131 Å².